The Kier molecular flexibility index (Phi) is 4.39. The number of carbonyl (C=O) groups excluding carboxylic acids is 2. The molecule has 0 spiro atoms. The number of aliphatic hydroxyl groups is 1. The molecule has 0 saturated carbocycles. The SMILES string of the molecule is CCN1CC(=O)N(CC(O)c2cccc(C)c2)CC1=O. The van der Waals surface area contributed by atoms with Gasteiger partial charge in [0.25, 0.3) is 0 Å². The second-order valence-corrected chi connectivity index (χ2v) is 5.11. The number of nitrogens with zero attached hydrogens (tertiary/aromatic N) is 2. The quantitative estimate of drug-likeness (QED) is 0.881. The van der Waals surface area contributed by atoms with E-state index in [1.54, 1.807) is 0 Å². The minimum atomic E-state index is -0.764. The maximum Gasteiger partial charge on any atom is 0.242 e. The van der Waals surface area contributed by atoms with Crippen molar-refractivity contribution in [2.75, 3.05) is 26.2 Å². The summed E-state index contributed by atoms with van der Waals surface area (Å²) in [6, 6.07) is 7.53. The van der Waals surface area contributed by atoms with Gasteiger partial charge in [-0.15, -0.1) is 0 Å². The van der Waals surface area contributed by atoms with Gasteiger partial charge in [-0.2, -0.15) is 0 Å². The van der Waals surface area contributed by atoms with E-state index >= 15 is 0 Å². The number of amides is 2. The molecule has 5 heteroatoms. The first kappa shape index (κ1) is 14.5. The highest BCUT2D eigenvalue weighted by molar-refractivity contribution is 5.92. The highest BCUT2D eigenvalue weighted by Gasteiger charge is 2.30. The van der Waals surface area contributed by atoms with E-state index in [2.05, 4.69) is 0 Å². The molecule has 0 radical (unpaired) electrons. The topological polar surface area (TPSA) is 60.9 Å². The second kappa shape index (κ2) is 6.05. The molecule has 0 bridgehead atoms. The van der Waals surface area contributed by atoms with Crippen LogP contribution in [0.5, 0.6) is 0 Å². The summed E-state index contributed by atoms with van der Waals surface area (Å²) >= 11 is 0. The molecule has 1 atom stereocenters. The maximum absolute atomic E-state index is 12.0. The maximum atomic E-state index is 12.0. The van der Waals surface area contributed by atoms with Crippen molar-refractivity contribution < 1.29 is 14.7 Å². The first-order valence-electron chi connectivity index (χ1n) is 6.81. The molecule has 1 aromatic carbocycles. The Morgan fingerprint density at radius 3 is 2.50 bits per heavy atom. The number of hydrogen-bond acceptors (Lipinski definition) is 3. The van der Waals surface area contributed by atoms with Crippen molar-refractivity contribution >= 4 is 11.8 Å². The summed E-state index contributed by atoms with van der Waals surface area (Å²) in [7, 11) is 0. The number of carbonyl (C=O) groups is 2. The van der Waals surface area contributed by atoms with Gasteiger partial charge in [-0.05, 0) is 19.4 Å². The lowest BCUT2D eigenvalue weighted by Crippen LogP contribution is -2.54. The van der Waals surface area contributed by atoms with Crippen LogP contribution in [0.15, 0.2) is 24.3 Å². The molecule has 1 aromatic rings. The van der Waals surface area contributed by atoms with Crippen LogP contribution in [0.25, 0.3) is 0 Å². The fourth-order valence-electron chi connectivity index (χ4n) is 2.35. The van der Waals surface area contributed by atoms with E-state index in [4.69, 9.17) is 0 Å². The molecule has 2 rings (SSSR count). The molecule has 1 heterocycles. The van der Waals surface area contributed by atoms with Gasteiger partial charge in [-0.25, -0.2) is 0 Å². The predicted octanol–water partition coefficient (Wildman–Crippen LogP) is 0.719. The van der Waals surface area contributed by atoms with Crippen LogP contribution in [0.3, 0.4) is 0 Å². The number of β-amino-alcohol motifs (C(OH)–C–C–N with tert-alkyl or cyclic N) is 1. The lowest BCUT2D eigenvalue weighted by Gasteiger charge is -2.34. The smallest absolute Gasteiger partial charge is 0.242 e. The molecular weight excluding hydrogens is 256 g/mol. The number of likely N-dealkylation sites (N-methyl/N-ethyl adjacent to an activating group) is 1. The van der Waals surface area contributed by atoms with Crippen molar-refractivity contribution in [2.45, 2.75) is 20.0 Å². The van der Waals surface area contributed by atoms with Gasteiger partial charge < -0.3 is 14.9 Å². The van der Waals surface area contributed by atoms with E-state index in [0.717, 1.165) is 11.1 Å². The van der Waals surface area contributed by atoms with Crippen LogP contribution in [0, 0.1) is 6.92 Å². The summed E-state index contributed by atoms with van der Waals surface area (Å²) in [5.74, 6) is -0.179. The van der Waals surface area contributed by atoms with Gasteiger partial charge >= 0.3 is 0 Å². The Bertz CT molecular complexity index is 516. The first-order valence-corrected chi connectivity index (χ1v) is 6.81. The Hall–Kier alpha value is -1.88. The number of benzene rings is 1. The van der Waals surface area contributed by atoms with Crippen LogP contribution in [-0.4, -0.2) is 52.9 Å². The molecule has 1 unspecified atom stereocenters. The normalized spacial score (nSPS) is 17.6. The Labute approximate surface area is 118 Å². The van der Waals surface area contributed by atoms with Crippen LogP contribution in [0.4, 0.5) is 0 Å². The van der Waals surface area contributed by atoms with E-state index < -0.39 is 6.10 Å². The van der Waals surface area contributed by atoms with E-state index in [1.807, 2.05) is 38.1 Å². The zero-order chi connectivity index (χ0) is 14.7. The zero-order valence-electron chi connectivity index (χ0n) is 11.9. The van der Waals surface area contributed by atoms with Crippen LogP contribution >= 0.6 is 0 Å². The molecule has 2 amide bonds. The van der Waals surface area contributed by atoms with Crippen LogP contribution in [0.1, 0.15) is 24.2 Å². The highest BCUT2D eigenvalue weighted by Crippen LogP contribution is 2.17. The third-order valence-electron chi connectivity index (χ3n) is 3.56. The van der Waals surface area contributed by atoms with E-state index in [-0.39, 0.29) is 31.4 Å². The van der Waals surface area contributed by atoms with Crippen molar-refractivity contribution in [3.05, 3.63) is 35.4 Å². The lowest BCUT2D eigenvalue weighted by atomic mass is 10.1. The third-order valence-corrected chi connectivity index (χ3v) is 3.56. The summed E-state index contributed by atoms with van der Waals surface area (Å²) in [6.07, 6.45) is -0.764. The fourth-order valence-corrected chi connectivity index (χ4v) is 2.35. The number of rotatable bonds is 4. The average Bonchev–Trinajstić information content (AvgIpc) is 2.42. The number of hydrogen-bond donors (Lipinski definition) is 1. The third kappa shape index (κ3) is 3.17. The number of piperazine rings is 1. The van der Waals surface area contributed by atoms with Crippen molar-refractivity contribution in [1.82, 2.24) is 9.80 Å². The van der Waals surface area contributed by atoms with Crippen LogP contribution < -0.4 is 0 Å². The average molecular weight is 276 g/mol. The number of aryl methyl sites for hydroxylation is 1. The first-order chi connectivity index (χ1) is 9.51. The predicted molar refractivity (Wildman–Crippen MR) is 75.0 cm³/mol. The number of aliphatic hydroxyl groups excluding tert-OH is 1. The summed E-state index contributed by atoms with van der Waals surface area (Å²) in [6.45, 7) is 4.66. The summed E-state index contributed by atoms with van der Waals surface area (Å²) in [5, 5.41) is 10.2. The van der Waals surface area contributed by atoms with Gasteiger partial charge in [-0.3, -0.25) is 9.59 Å². The van der Waals surface area contributed by atoms with Crippen LogP contribution in [0.2, 0.25) is 0 Å². The molecule has 1 saturated heterocycles. The van der Waals surface area contributed by atoms with Crippen molar-refractivity contribution in [3.63, 3.8) is 0 Å². The Morgan fingerprint density at radius 2 is 1.85 bits per heavy atom. The van der Waals surface area contributed by atoms with E-state index in [0.29, 0.717) is 6.54 Å². The molecule has 108 valence electrons. The Balaban J connectivity index is 2.03. The van der Waals surface area contributed by atoms with E-state index in [9.17, 15) is 14.7 Å². The van der Waals surface area contributed by atoms with Crippen molar-refractivity contribution in [3.8, 4) is 0 Å². The molecule has 1 aliphatic heterocycles. The standard InChI is InChI=1S/C15H20N2O3/c1-3-16-9-15(20)17(10-14(16)19)8-13(18)12-6-4-5-11(2)7-12/h4-7,13,18H,3,8-10H2,1-2H3. The minimum Gasteiger partial charge on any atom is -0.387 e. The molecular formula is C15H20N2O3. The molecule has 0 aromatic heterocycles. The van der Waals surface area contributed by atoms with Gasteiger partial charge in [0.2, 0.25) is 11.8 Å². The van der Waals surface area contributed by atoms with Crippen molar-refractivity contribution in [1.29, 1.82) is 0 Å². The van der Waals surface area contributed by atoms with Gasteiger partial charge in [0.15, 0.2) is 0 Å². The van der Waals surface area contributed by atoms with Crippen molar-refractivity contribution in [2.24, 2.45) is 0 Å². The molecule has 5 nitrogen and oxygen atoms in total. The van der Waals surface area contributed by atoms with Gasteiger partial charge in [0.1, 0.15) is 0 Å². The molecule has 20 heavy (non-hydrogen) atoms. The monoisotopic (exact) mass is 276 g/mol. The molecule has 1 N–H and O–H groups in total. The molecule has 1 aliphatic rings. The minimum absolute atomic E-state index is 0.0511. The zero-order valence-corrected chi connectivity index (χ0v) is 11.9. The van der Waals surface area contributed by atoms with E-state index in [1.165, 1.54) is 9.80 Å². The molecule has 1 fully saturated rings. The summed E-state index contributed by atoms with van der Waals surface area (Å²) in [4.78, 5) is 26.7. The van der Waals surface area contributed by atoms with Gasteiger partial charge in [0, 0.05) is 6.54 Å². The lowest BCUT2D eigenvalue weighted by molar-refractivity contribution is -0.151. The summed E-state index contributed by atoms with van der Waals surface area (Å²) < 4.78 is 0. The Morgan fingerprint density at radius 1 is 1.20 bits per heavy atom. The second-order valence-electron chi connectivity index (χ2n) is 5.11. The largest absolute Gasteiger partial charge is 0.387 e. The fraction of sp³-hybridized carbons (Fsp3) is 0.467. The summed E-state index contributed by atoms with van der Waals surface area (Å²) in [5.41, 5.74) is 1.82. The van der Waals surface area contributed by atoms with Gasteiger partial charge in [-0.1, -0.05) is 29.8 Å². The molecule has 0 aliphatic carbocycles. The van der Waals surface area contributed by atoms with Gasteiger partial charge in [0.05, 0.1) is 25.7 Å². The van der Waals surface area contributed by atoms with Crippen LogP contribution in [-0.2, 0) is 9.59 Å². The highest BCUT2D eigenvalue weighted by atomic mass is 16.3.